The molecule has 0 spiro atoms. The molecule has 114 valence electrons. The molecule has 1 aromatic heterocycles. The van der Waals surface area contributed by atoms with Gasteiger partial charge in [-0.05, 0) is 24.3 Å². The lowest BCUT2D eigenvalue weighted by Crippen LogP contribution is -2.46. The number of aromatic nitrogens is 1. The number of carbonyl (C=O) groups excluding carboxylic acids is 1. The molecule has 2 heterocycles. The Morgan fingerprint density at radius 2 is 1.64 bits per heavy atom. The van der Waals surface area contributed by atoms with Crippen LogP contribution in [0, 0.1) is 0 Å². The van der Waals surface area contributed by atoms with Gasteiger partial charge in [0.2, 0.25) is 0 Å². The third-order valence-corrected chi connectivity index (χ3v) is 3.97. The maximum atomic E-state index is 11.7. The van der Waals surface area contributed by atoms with Crippen molar-refractivity contribution in [3.63, 3.8) is 0 Å². The van der Waals surface area contributed by atoms with E-state index in [2.05, 4.69) is 44.4 Å². The second kappa shape index (κ2) is 6.47. The van der Waals surface area contributed by atoms with E-state index in [4.69, 9.17) is 0 Å². The Balaban J connectivity index is 1.68. The molecule has 2 aromatic rings. The average Bonchev–Trinajstić information content (AvgIpc) is 2.62. The number of hydrogen-bond donors (Lipinski definition) is 1. The van der Waals surface area contributed by atoms with E-state index in [1.165, 1.54) is 5.69 Å². The minimum Gasteiger partial charge on any atom is -0.368 e. The van der Waals surface area contributed by atoms with Crippen molar-refractivity contribution in [1.82, 2.24) is 10.3 Å². The standard InChI is InChI=1S/C17H20N4O/c1-18-17(22)16-13-15(7-8-19-16)21-11-9-20(10-12-21)14-5-3-2-4-6-14/h2-8,13H,9-12H2,1H3,(H,18,22). The number of pyridine rings is 1. The zero-order valence-corrected chi connectivity index (χ0v) is 12.7. The normalized spacial score (nSPS) is 14.8. The summed E-state index contributed by atoms with van der Waals surface area (Å²) in [6, 6.07) is 14.3. The highest BCUT2D eigenvalue weighted by Gasteiger charge is 2.18. The van der Waals surface area contributed by atoms with Gasteiger partial charge in [0.15, 0.2) is 0 Å². The van der Waals surface area contributed by atoms with Crippen LogP contribution in [0.1, 0.15) is 10.5 Å². The zero-order chi connectivity index (χ0) is 15.4. The molecule has 0 radical (unpaired) electrons. The molecule has 0 unspecified atom stereocenters. The zero-order valence-electron chi connectivity index (χ0n) is 12.7. The molecule has 0 saturated carbocycles. The summed E-state index contributed by atoms with van der Waals surface area (Å²) in [4.78, 5) is 20.5. The Bertz CT molecular complexity index is 636. The Labute approximate surface area is 130 Å². The second-order valence-corrected chi connectivity index (χ2v) is 5.29. The number of hydrogen-bond acceptors (Lipinski definition) is 4. The van der Waals surface area contributed by atoms with Crippen LogP contribution in [0.3, 0.4) is 0 Å². The molecule has 1 aromatic carbocycles. The number of piperazine rings is 1. The highest BCUT2D eigenvalue weighted by Crippen LogP contribution is 2.20. The van der Waals surface area contributed by atoms with Crippen LogP contribution in [0.4, 0.5) is 11.4 Å². The summed E-state index contributed by atoms with van der Waals surface area (Å²) in [5, 5.41) is 2.61. The van der Waals surface area contributed by atoms with Gasteiger partial charge in [0.1, 0.15) is 5.69 Å². The van der Waals surface area contributed by atoms with Gasteiger partial charge in [0, 0.05) is 50.8 Å². The van der Waals surface area contributed by atoms with Crippen LogP contribution in [0.25, 0.3) is 0 Å². The van der Waals surface area contributed by atoms with Gasteiger partial charge in [-0.15, -0.1) is 0 Å². The van der Waals surface area contributed by atoms with E-state index in [0.717, 1.165) is 31.9 Å². The minimum atomic E-state index is -0.148. The quantitative estimate of drug-likeness (QED) is 0.938. The van der Waals surface area contributed by atoms with Gasteiger partial charge in [-0.2, -0.15) is 0 Å². The highest BCUT2D eigenvalue weighted by atomic mass is 16.1. The number of carbonyl (C=O) groups is 1. The van der Waals surface area contributed by atoms with Gasteiger partial charge in [0.05, 0.1) is 0 Å². The number of nitrogens with zero attached hydrogens (tertiary/aromatic N) is 3. The van der Waals surface area contributed by atoms with Crippen molar-refractivity contribution in [1.29, 1.82) is 0 Å². The van der Waals surface area contributed by atoms with E-state index in [0.29, 0.717) is 5.69 Å². The van der Waals surface area contributed by atoms with Crippen LogP contribution in [0.5, 0.6) is 0 Å². The van der Waals surface area contributed by atoms with Crippen molar-refractivity contribution in [2.24, 2.45) is 0 Å². The summed E-state index contributed by atoms with van der Waals surface area (Å²) >= 11 is 0. The van der Waals surface area contributed by atoms with Gasteiger partial charge in [-0.1, -0.05) is 18.2 Å². The maximum Gasteiger partial charge on any atom is 0.269 e. The molecular formula is C17H20N4O. The molecule has 5 heteroatoms. The lowest BCUT2D eigenvalue weighted by Gasteiger charge is -2.37. The van der Waals surface area contributed by atoms with Gasteiger partial charge < -0.3 is 15.1 Å². The Hall–Kier alpha value is -2.56. The number of amides is 1. The molecule has 1 saturated heterocycles. The number of para-hydroxylation sites is 1. The summed E-state index contributed by atoms with van der Waals surface area (Å²) in [6.45, 7) is 3.82. The summed E-state index contributed by atoms with van der Waals surface area (Å²) in [6.07, 6.45) is 1.70. The molecule has 1 amide bonds. The van der Waals surface area contributed by atoms with Crippen LogP contribution in [0.2, 0.25) is 0 Å². The van der Waals surface area contributed by atoms with E-state index in [-0.39, 0.29) is 5.91 Å². The maximum absolute atomic E-state index is 11.7. The Morgan fingerprint density at radius 3 is 2.27 bits per heavy atom. The smallest absolute Gasteiger partial charge is 0.269 e. The minimum absolute atomic E-state index is 0.148. The first kappa shape index (κ1) is 14.4. The fourth-order valence-corrected chi connectivity index (χ4v) is 2.73. The van der Waals surface area contributed by atoms with Crippen molar-refractivity contribution in [2.75, 3.05) is 43.0 Å². The van der Waals surface area contributed by atoms with Crippen LogP contribution in [-0.2, 0) is 0 Å². The molecule has 3 rings (SSSR count). The summed E-state index contributed by atoms with van der Waals surface area (Å²) in [7, 11) is 1.62. The summed E-state index contributed by atoms with van der Waals surface area (Å²) in [5.74, 6) is -0.148. The third-order valence-electron chi connectivity index (χ3n) is 3.97. The van der Waals surface area contributed by atoms with E-state index in [1.807, 2.05) is 18.2 Å². The number of benzene rings is 1. The largest absolute Gasteiger partial charge is 0.368 e. The van der Waals surface area contributed by atoms with Gasteiger partial charge in [-0.25, -0.2) is 0 Å². The molecular weight excluding hydrogens is 276 g/mol. The van der Waals surface area contributed by atoms with Crippen molar-refractivity contribution >= 4 is 17.3 Å². The molecule has 1 N–H and O–H groups in total. The first-order chi connectivity index (χ1) is 10.8. The molecule has 1 fully saturated rings. The SMILES string of the molecule is CNC(=O)c1cc(N2CCN(c3ccccc3)CC2)ccn1. The molecule has 1 aliphatic heterocycles. The number of nitrogens with one attached hydrogen (secondary N) is 1. The molecule has 22 heavy (non-hydrogen) atoms. The van der Waals surface area contributed by atoms with Crippen molar-refractivity contribution in [3.05, 3.63) is 54.4 Å². The van der Waals surface area contributed by atoms with Gasteiger partial charge in [-0.3, -0.25) is 9.78 Å². The fourth-order valence-electron chi connectivity index (χ4n) is 2.73. The number of anilines is 2. The predicted molar refractivity (Wildman–Crippen MR) is 88.5 cm³/mol. The summed E-state index contributed by atoms with van der Waals surface area (Å²) in [5.41, 5.74) is 2.79. The molecule has 0 bridgehead atoms. The van der Waals surface area contributed by atoms with Crippen LogP contribution in [-0.4, -0.2) is 44.1 Å². The van der Waals surface area contributed by atoms with E-state index in [1.54, 1.807) is 13.2 Å². The van der Waals surface area contributed by atoms with Crippen LogP contribution < -0.4 is 15.1 Å². The van der Waals surface area contributed by atoms with E-state index >= 15 is 0 Å². The lowest BCUT2D eigenvalue weighted by molar-refractivity contribution is 0.0958. The summed E-state index contributed by atoms with van der Waals surface area (Å²) < 4.78 is 0. The highest BCUT2D eigenvalue weighted by molar-refractivity contribution is 5.92. The van der Waals surface area contributed by atoms with Crippen molar-refractivity contribution in [2.45, 2.75) is 0 Å². The predicted octanol–water partition coefficient (Wildman–Crippen LogP) is 1.77. The molecule has 0 atom stereocenters. The van der Waals surface area contributed by atoms with Crippen molar-refractivity contribution < 1.29 is 4.79 Å². The Kier molecular flexibility index (Phi) is 4.23. The van der Waals surface area contributed by atoms with Crippen molar-refractivity contribution in [3.8, 4) is 0 Å². The third kappa shape index (κ3) is 3.03. The first-order valence-electron chi connectivity index (χ1n) is 7.51. The van der Waals surface area contributed by atoms with E-state index in [9.17, 15) is 4.79 Å². The fraction of sp³-hybridized carbons (Fsp3) is 0.294. The molecule has 1 aliphatic rings. The topological polar surface area (TPSA) is 48.5 Å². The molecule has 0 aliphatic carbocycles. The average molecular weight is 296 g/mol. The van der Waals surface area contributed by atoms with Crippen LogP contribution >= 0.6 is 0 Å². The first-order valence-corrected chi connectivity index (χ1v) is 7.51. The van der Waals surface area contributed by atoms with Gasteiger partial charge in [0.25, 0.3) is 5.91 Å². The monoisotopic (exact) mass is 296 g/mol. The van der Waals surface area contributed by atoms with Crippen LogP contribution in [0.15, 0.2) is 48.7 Å². The number of rotatable bonds is 3. The van der Waals surface area contributed by atoms with E-state index < -0.39 is 0 Å². The second-order valence-electron chi connectivity index (χ2n) is 5.29. The Morgan fingerprint density at radius 1 is 1.00 bits per heavy atom. The van der Waals surface area contributed by atoms with Gasteiger partial charge >= 0.3 is 0 Å². The molecule has 5 nitrogen and oxygen atoms in total. The lowest BCUT2D eigenvalue weighted by atomic mass is 10.2.